The van der Waals surface area contributed by atoms with Gasteiger partial charge in [0.25, 0.3) is 6.47 Å². The van der Waals surface area contributed by atoms with Crippen molar-refractivity contribution in [3.05, 3.63) is 29.8 Å². The van der Waals surface area contributed by atoms with Crippen LogP contribution in [-0.2, 0) is 15.1 Å². The number of nitrogens with one attached hydrogen (secondary N) is 1. The van der Waals surface area contributed by atoms with Gasteiger partial charge in [-0.1, -0.05) is 12.1 Å². The van der Waals surface area contributed by atoms with E-state index in [1.807, 2.05) is 20.8 Å². The molecule has 0 bridgehead atoms. The second kappa shape index (κ2) is 8.53. The van der Waals surface area contributed by atoms with E-state index in [2.05, 4.69) is 14.8 Å². The number of piperidine rings is 1. The molecular weight excluding hydrogens is 339 g/mol. The zero-order valence-electron chi connectivity index (χ0n) is 14.5. The highest BCUT2D eigenvalue weighted by Gasteiger charge is 2.33. The molecule has 0 atom stereocenters. The molecule has 0 unspecified atom stereocenters. The molecule has 1 heterocycles. The number of carbonyl (C=O) groups excluding carboxylic acids is 1. The van der Waals surface area contributed by atoms with Crippen LogP contribution in [-0.4, -0.2) is 36.6 Å². The Labute approximate surface area is 145 Å². The van der Waals surface area contributed by atoms with E-state index >= 15 is 0 Å². The molecule has 0 spiro atoms. The van der Waals surface area contributed by atoms with Crippen molar-refractivity contribution >= 4 is 6.47 Å². The van der Waals surface area contributed by atoms with Gasteiger partial charge in [-0.15, -0.1) is 13.2 Å². The molecule has 5 nitrogen and oxygen atoms in total. The second-order valence-electron chi connectivity index (χ2n) is 6.68. The van der Waals surface area contributed by atoms with Gasteiger partial charge in [0.15, 0.2) is 0 Å². The first-order valence-corrected chi connectivity index (χ1v) is 7.86. The van der Waals surface area contributed by atoms with Crippen LogP contribution in [0.1, 0.15) is 39.2 Å². The fraction of sp³-hybridized carbons (Fsp3) is 0.588. The van der Waals surface area contributed by atoms with Crippen molar-refractivity contribution in [2.24, 2.45) is 0 Å². The number of benzene rings is 1. The molecular formula is C17H24F3NO4. The van der Waals surface area contributed by atoms with Gasteiger partial charge in [-0.25, -0.2) is 0 Å². The minimum atomic E-state index is -4.69. The molecule has 0 saturated carbocycles. The molecule has 0 radical (unpaired) electrons. The second-order valence-corrected chi connectivity index (χ2v) is 6.68. The molecule has 0 aliphatic carbocycles. The van der Waals surface area contributed by atoms with Crippen LogP contribution in [0, 0.1) is 0 Å². The van der Waals surface area contributed by atoms with Crippen LogP contribution < -0.4 is 10.1 Å². The van der Waals surface area contributed by atoms with Crippen LogP contribution in [0.2, 0.25) is 0 Å². The van der Waals surface area contributed by atoms with E-state index < -0.39 is 12.0 Å². The summed E-state index contributed by atoms with van der Waals surface area (Å²) in [6, 6.07) is 5.41. The number of carbonyl (C=O) groups is 1. The molecule has 1 aromatic carbocycles. The molecule has 2 N–H and O–H groups in total. The van der Waals surface area contributed by atoms with Crippen molar-refractivity contribution in [3.8, 4) is 5.75 Å². The summed E-state index contributed by atoms with van der Waals surface area (Å²) in [7, 11) is 0. The van der Waals surface area contributed by atoms with Gasteiger partial charge in [0.05, 0.1) is 5.60 Å². The fourth-order valence-corrected chi connectivity index (χ4v) is 2.24. The molecule has 1 saturated heterocycles. The highest BCUT2D eigenvalue weighted by Crippen LogP contribution is 2.32. The summed E-state index contributed by atoms with van der Waals surface area (Å²) in [5, 5.41) is 13.5. The minimum absolute atomic E-state index is 0.274. The summed E-state index contributed by atoms with van der Waals surface area (Å²) < 4.78 is 44.3. The molecule has 142 valence electrons. The van der Waals surface area contributed by atoms with Crippen LogP contribution >= 0.6 is 0 Å². The zero-order valence-corrected chi connectivity index (χ0v) is 14.5. The zero-order chi connectivity index (χ0) is 19.1. The number of alkyl halides is 3. The van der Waals surface area contributed by atoms with E-state index in [0.717, 1.165) is 0 Å². The summed E-state index contributed by atoms with van der Waals surface area (Å²) >= 11 is 0. The Morgan fingerprint density at radius 3 is 2.00 bits per heavy atom. The first kappa shape index (κ1) is 21.2. The largest absolute Gasteiger partial charge is 0.573 e. The SMILES string of the molecule is CC(C)(C)OC=O.OC1(c2ccc(OC(F)(F)F)cc2)CCNCC1. The normalized spacial score (nSPS) is 17.1. The van der Waals surface area contributed by atoms with Crippen LogP contribution in [0.4, 0.5) is 13.2 Å². The van der Waals surface area contributed by atoms with E-state index in [1.165, 1.54) is 24.3 Å². The van der Waals surface area contributed by atoms with Gasteiger partial charge in [0.2, 0.25) is 0 Å². The lowest BCUT2D eigenvalue weighted by atomic mass is 9.85. The average molecular weight is 363 g/mol. The monoisotopic (exact) mass is 363 g/mol. The van der Waals surface area contributed by atoms with Crippen molar-refractivity contribution in [2.45, 2.75) is 51.2 Å². The number of halogens is 3. The van der Waals surface area contributed by atoms with E-state index in [-0.39, 0.29) is 11.4 Å². The Balaban J connectivity index is 0.000000381. The molecule has 1 aliphatic rings. The van der Waals surface area contributed by atoms with Crippen LogP contribution in [0.25, 0.3) is 0 Å². The number of hydrogen-bond donors (Lipinski definition) is 2. The highest BCUT2D eigenvalue weighted by molar-refractivity contribution is 5.37. The number of hydrogen-bond acceptors (Lipinski definition) is 5. The first-order valence-electron chi connectivity index (χ1n) is 7.86. The van der Waals surface area contributed by atoms with Gasteiger partial charge in [-0.05, 0) is 64.4 Å². The molecule has 1 aromatic rings. The van der Waals surface area contributed by atoms with Gasteiger partial charge < -0.3 is 19.9 Å². The van der Waals surface area contributed by atoms with Crippen molar-refractivity contribution < 1.29 is 32.5 Å². The predicted molar refractivity (Wildman–Crippen MR) is 86.0 cm³/mol. The average Bonchev–Trinajstić information content (AvgIpc) is 2.46. The standard InChI is InChI=1S/C12H14F3NO2.C5H10O2/c13-12(14,15)18-10-3-1-9(2-4-10)11(17)5-7-16-8-6-11;1-5(2,3)7-4-6/h1-4,16-17H,5-8H2;4H,1-3H3. The van der Waals surface area contributed by atoms with Gasteiger partial charge >= 0.3 is 6.36 Å². The summed E-state index contributed by atoms with van der Waals surface area (Å²) in [6.45, 7) is 7.30. The highest BCUT2D eigenvalue weighted by atomic mass is 19.4. The third-order valence-corrected chi connectivity index (χ3v) is 3.46. The van der Waals surface area contributed by atoms with Crippen LogP contribution in [0.15, 0.2) is 24.3 Å². The maximum Gasteiger partial charge on any atom is 0.573 e. The molecule has 0 aromatic heterocycles. The molecule has 25 heavy (non-hydrogen) atoms. The third kappa shape index (κ3) is 8.22. The number of aliphatic hydroxyl groups is 1. The van der Waals surface area contributed by atoms with E-state index in [0.29, 0.717) is 38.0 Å². The van der Waals surface area contributed by atoms with Crippen molar-refractivity contribution in [2.75, 3.05) is 13.1 Å². The van der Waals surface area contributed by atoms with Crippen molar-refractivity contribution in [3.63, 3.8) is 0 Å². The number of ether oxygens (including phenoxy) is 2. The van der Waals surface area contributed by atoms with E-state index in [9.17, 15) is 23.1 Å². The van der Waals surface area contributed by atoms with Crippen molar-refractivity contribution in [1.82, 2.24) is 5.32 Å². The van der Waals surface area contributed by atoms with Gasteiger partial charge in [0.1, 0.15) is 11.4 Å². The quantitative estimate of drug-likeness (QED) is 0.808. The van der Waals surface area contributed by atoms with Crippen LogP contribution in [0.3, 0.4) is 0 Å². The third-order valence-electron chi connectivity index (χ3n) is 3.46. The molecule has 0 amide bonds. The van der Waals surface area contributed by atoms with Crippen LogP contribution in [0.5, 0.6) is 5.75 Å². The smallest absolute Gasteiger partial charge is 0.462 e. The summed E-state index contributed by atoms with van der Waals surface area (Å²) in [6.07, 6.45) is -3.59. The molecule has 2 rings (SSSR count). The molecule has 8 heteroatoms. The van der Waals surface area contributed by atoms with Gasteiger partial charge in [-0.3, -0.25) is 4.79 Å². The maximum absolute atomic E-state index is 12.0. The van der Waals surface area contributed by atoms with Gasteiger partial charge in [0, 0.05) is 0 Å². The lowest BCUT2D eigenvalue weighted by Crippen LogP contribution is -2.39. The first-order chi connectivity index (χ1) is 11.5. The lowest BCUT2D eigenvalue weighted by molar-refractivity contribution is -0.274. The van der Waals surface area contributed by atoms with E-state index in [4.69, 9.17) is 0 Å². The minimum Gasteiger partial charge on any atom is -0.462 e. The Morgan fingerprint density at radius 2 is 1.64 bits per heavy atom. The summed E-state index contributed by atoms with van der Waals surface area (Å²) in [4.78, 5) is 9.60. The fourth-order valence-electron chi connectivity index (χ4n) is 2.24. The Kier molecular flexibility index (Phi) is 7.25. The van der Waals surface area contributed by atoms with Crippen molar-refractivity contribution in [1.29, 1.82) is 0 Å². The summed E-state index contributed by atoms with van der Waals surface area (Å²) in [5.41, 5.74) is -0.650. The lowest BCUT2D eigenvalue weighted by Gasteiger charge is -2.33. The van der Waals surface area contributed by atoms with E-state index in [1.54, 1.807) is 0 Å². The predicted octanol–water partition coefficient (Wildman–Crippen LogP) is 3.11. The maximum atomic E-state index is 12.0. The van der Waals surface area contributed by atoms with Gasteiger partial charge in [-0.2, -0.15) is 0 Å². The molecule has 1 aliphatic heterocycles. The Hall–Kier alpha value is -1.80. The number of rotatable bonds is 3. The Morgan fingerprint density at radius 1 is 1.12 bits per heavy atom. The topological polar surface area (TPSA) is 67.8 Å². The molecule has 1 fully saturated rings. The Bertz CT molecular complexity index is 532. The summed E-state index contributed by atoms with van der Waals surface area (Å²) in [5.74, 6) is -0.274.